The predicted molar refractivity (Wildman–Crippen MR) is 72.2 cm³/mol. The monoisotopic (exact) mass is 260 g/mol. The first kappa shape index (κ1) is 13.1. The van der Waals surface area contributed by atoms with E-state index in [1.165, 1.54) is 0 Å². The highest BCUT2D eigenvalue weighted by molar-refractivity contribution is 5.92. The summed E-state index contributed by atoms with van der Waals surface area (Å²) in [6.45, 7) is 0.939. The second-order valence-electron chi connectivity index (χ2n) is 3.99. The molecule has 0 radical (unpaired) electrons. The van der Waals surface area contributed by atoms with E-state index in [-0.39, 0.29) is 5.91 Å². The number of carbonyl (C=O) groups is 1. The van der Waals surface area contributed by atoms with Crippen molar-refractivity contribution in [3.05, 3.63) is 42.2 Å². The summed E-state index contributed by atoms with van der Waals surface area (Å²) in [5.74, 6) is -0.216. The molecule has 2 aromatic rings. The molecular formula is C13H16N4O2. The Labute approximate surface area is 111 Å². The van der Waals surface area contributed by atoms with Crippen molar-refractivity contribution in [2.24, 2.45) is 0 Å². The number of ether oxygens (including phenoxy) is 1. The maximum Gasteiger partial charge on any atom is 0.271 e. The number of hydrogen-bond acceptors (Lipinski definition) is 4. The summed E-state index contributed by atoms with van der Waals surface area (Å²) in [6, 6.07) is 8.92. The third-order valence-electron chi connectivity index (χ3n) is 2.57. The van der Waals surface area contributed by atoms with Gasteiger partial charge in [-0.25, -0.2) is 4.68 Å². The molecule has 1 heterocycles. The molecule has 0 aliphatic heterocycles. The van der Waals surface area contributed by atoms with Crippen molar-refractivity contribution in [2.45, 2.75) is 0 Å². The van der Waals surface area contributed by atoms with Gasteiger partial charge in [0.2, 0.25) is 0 Å². The number of nitrogen functional groups attached to an aromatic ring is 1. The number of rotatable bonds is 5. The largest absolute Gasteiger partial charge is 0.399 e. The molecule has 6 heteroatoms. The molecule has 2 rings (SSSR count). The Kier molecular flexibility index (Phi) is 4.15. The van der Waals surface area contributed by atoms with Crippen molar-refractivity contribution >= 4 is 11.6 Å². The van der Waals surface area contributed by atoms with Crippen LogP contribution in [0.3, 0.4) is 0 Å². The second-order valence-corrected chi connectivity index (χ2v) is 3.99. The van der Waals surface area contributed by atoms with Gasteiger partial charge in [0.05, 0.1) is 12.3 Å². The van der Waals surface area contributed by atoms with E-state index in [4.69, 9.17) is 10.5 Å². The molecule has 0 bridgehead atoms. The summed E-state index contributed by atoms with van der Waals surface area (Å²) in [7, 11) is 1.59. The Bertz CT molecular complexity index is 548. The number of methoxy groups -OCH3 is 1. The van der Waals surface area contributed by atoms with Crippen LogP contribution in [0.15, 0.2) is 36.5 Å². The quantitative estimate of drug-likeness (QED) is 0.616. The molecule has 0 fully saturated rings. The number of nitrogens with one attached hydrogen (secondary N) is 1. The molecule has 0 atom stereocenters. The molecule has 0 saturated heterocycles. The van der Waals surface area contributed by atoms with Gasteiger partial charge in [0.1, 0.15) is 0 Å². The summed E-state index contributed by atoms with van der Waals surface area (Å²) in [5, 5.41) is 6.93. The van der Waals surface area contributed by atoms with E-state index in [2.05, 4.69) is 10.4 Å². The van der Waals surface area contributed by atoms with Gasteiger partial charge in [0.15, 0.2) is 5.69 Å². The molecule has 0 aliphatic rings. The predicted octanol–water partition coefficient (Wildman–Crippen LogP) is 0.831. The second kappa shape index (κ2) is 6.01. The Morgan fingerprint density at radius 2 is 2.11 bits per heavy atom. The van der Waals surface area contributed by atoms with Crippen LogP contribution in [0.4, 0.5) is 5.69 Å². The van der Waals surface area contributed by atoms with E-state index in [9.17, 15) is 4.79 Å². The summed E-state index contributed by atoms with van der Waals surface area (Å²) < 4.78 is 6.49. The number of anilines is 1. The number of nitrogens with zero attached hydrogens (tertiary/aromatic N) is 2. The summed E-state index contributed by atoms with van der Waals surface area (Å²) in [5.41, 5.74) is 7.53. The number of aromatic nitrogens is 2. The van der Waals surface area contributed by atoms with Crippen LogP contribution in [0.5, 0.6) is 0 Å². The smallest absolute Gasteiger partial charge is 0.271 e. The molecule has 1 aromatic carbocycles. The van der Waals surface area contributed by atoms with Crippen molar-refractivity contribution < 1.29 is 9.53 Å². The molecule has 0 spiro atoms. The average Bonchev–Trinajstić information content (AvgIpc) is 2.89. The lowest BCUT2D eigenvalue weighted by molar-refractivity contribution is 0.0931. The normalized spacial score (nSPS) is 10.4. The Hall–Kier alpha value is -2.34. The minimum Gasteiger partial charge on any atom is -0.399 e. The zero-order chi connectivity index (χ0) is 13.7. The van der Waals surface area contributed by atoms with Crippen molar-refractivity contribution in [2.75, 3.05) is 26.0 Å². The standard InChI is InChI=1S/C13H16N4O2/c1-19-9-7-15-13(18)12-6-8-17(16-12)11-4-2-10(14)3-5-11/h2-6,8H,7,9,14H2,1H3,(H,15,18). The van der Waals surface area contributed by atoms with Gasteiger partial charge in [-0.1, -0.05) is 0 Å². The van der Waals surface area contributed by atoms with Crippen LogP contribution >= 0.6 is 0 Å². The zero-order valence-corrected chi connectivity index (χ0v) is 10.7. The van der Waals surface area contributed by atoms with Crippen LogP contribution in [0.1, 0.15) is 10.5 Å². The fourth-order valence-electron chi connectivity index (χ4n) is 1.57. The molecule has 1 aromatic heterocycles. The van der Waals surface area contributed by atoms with Crippen LogP contribution in [0.2, 0.25) is 0 Å². The van der Waals surface area contributed by atoms with Crippen molar-refractivity contribution in [1.29, 1.82) is 0 Å². The van der Waals surface area contributed by atoms with E-state index in [0.29, 0.717) is 24.5 Å². The number of carbonyl (C=O) groups excluding carboxylic acids is 1. The van der Waals surface area contributed by atoms with Crippen LogP contribution in [-0.2, 0) is 4.74 Å². The van der Waals surface area contributed by atoms with E-state index < -0.39 is 0 Å². The van der Waals surface area contributed by atoms with Crippen LogP contribution in [0.25, 0.3) is 5.69 Å². The first-order valence-electron chi connectivity index (χ1n) is 5.89. The van der Waals surface area contributed by atoms with E-state index in [0.717, 1.165) is 5.69 Å². The average molecular weight is 260 g/mol. The Morgan fingerprint density at radius 1 is 1.37 bits per heavy atom. The first-order valence-corrected chi connectivity index (χ1v) is 5.89. The molecule has 1 amide bonds. The topological polar surface area (TPSA) is 82.2 Å². The highest BCUT2D eigenvalue weighted by Crippen LogP contribution is 2.10. The molecule has 0 aliphatic carbocycles. The maximum absolute atomic E-state index is 11.8. The number of nitrogens with two attached hydrogens (primary N) is 1. The van der Waals surface area contributed by atoms with Crippen molar-refractivity contribution in [3.8, 4) is 5.69 Å². The van der Waals surface area contributed by atoms with Gasteiger partial charge in [-0.05, 0) is 30.3 Å². The third kappa shape index (κ3) is 3.32. The summed E-state index contributed by atoms with van der Waals surface area (Å²) >= 11 is 0. The zero-order valence-electron chi connectivity index (χ0n) is 10.7. The Balaban J connectivity index is 2.06. The van der Waals surface area contributed by atoms with E-state index >= 15 is 0 Å². The molecule has 0 saturated carbocycles. The van der Waals surface area contributed by atoms with Crippen LogP contribution in [-0.4, -0.2) is 35.9 Å². The van der Waals surface area contributed by atoms with Gasteiger partial charge < -0.3 is 15.8 Å². The third-order valence-corrected chi connectivity index (χ3v) is 2.57. The number of amides is 1. The fourth-order valence-corrected chi connectivity index (χ4v) is 1.57. The van der Waals surface area contributed by atoms with E-state index in [1.807, 2.05) is 12.1 Å². The molecule has 6 nitrogen and oxygen atoms in total. The van der Waals surface area contributed by atoms with Gasteiger partial charge in [-0.3, -0.25) is 4.79 Å². The SMILES string of the molecule is COCCNC(=O)c1ccn(-c2ccc(N)cc2)n1. The lowest BCUT2D eigenvalue weighted by Gasteiger charge is -2.02. The van der Waals surface area contributed by atoms with Gasteiger partial charge in [0.25, 0.3) is 5.91 Å². The van der Waals surface area contributed by atoms with Gasteiger partial charge >= 0.3 is 0 Å². The maximum atomic E-state index is 11.8. The van der Waals surface area contributed by atoms with Crippen LogP contribution < -0.4 is 11.1 Å². The molecular weight excluding hydrogens is 244 g/mol. The highest BCUT2D eigenvalue weighted by Gasteiger charge is 2.09. The van der Waals surface area contributed by atoms with E-state index in [1.54, 1.807) is 36.2 Å². The summed E-state index contributed by atoms with van der Waals surface area (Å²) in [6.07, 6.45) is 1.73. The highest BCUT2D eigenvalue weighted by atomic mass is 16.5. The molecule has 19 heavy (non-hydrogen) atoms. The molecule has 0 unspecified atom stereocenters. The first-order chi connectivity index (χ1) is 9.20. The van der Waals surface area contributed by atoms with Gasteiger partial charge in [-0.15, -0.1) is 0 Å². The fraction of sp³-hybridized carbons (Fsp3) is 0.231. The Morgan fingerprint density at radius 3 is 2.79 bits per heavy atom. The van der Waals surface area contributed by atoms with Gasteiger partial charge in [0, 0.05) is 25.5 Å². The van der Waals surface area contributed by atoms with Crippen molar-refractivity contribution in [3.63, 3.8) is 0 Å². The molecule has 100 valence electrons. The lowest BCUT2D eigenvalue weighted by atomic mass is 10.3. The minimum atomic E-state index is -0.216. The minimum absolute atomic E-state index is 0.216. The molecule has 3 N–H and O–H groups in total. The summed E-state index contributed by atoms with van der Waals surface area (Å²) in [4.78, 5) is 11.8. The number of benzene rings is 1. The number of hydrogen-bond donors (Lipinski definition) is 2. The van der Waals surface area contributed by atoms with Crippen LogP contribution in [0, 0.1) is 0 Å². The lowest BCUT2D eigenvalue weighted by Crippen LogP contribution is -2.27. The van der Waals surface area contributed by atoms with Crippen molar-refractivity contribution in [1.82, 2.24) is 15.1 Å². The van der Waals surface area contributed by atoms with Gasteiger partial charge in [-0.2, -0.15) is 5.10 Å².